The molecule has 0 atom stereocenters. The second kappa shape index (κ2) is 6.69. The number of nitrogens with zero attached hydrogens (tertiary/aromatic N) is 2. The minimum absolute atomic E-state index is 0.160. The zero-order valence-corrected chi connectivity index (χ0v) is 12.2. The van der Waals surface area contributed by atoms with Crippen LogP contribution in [0.5, 0.6) is 11.9 Å². The molecular weight excluding hydrogens is 270 g/mol. The van der Waals surface area contributed by atoms with Gasteiger partial charge in [0.2, 0.25) is 11.8 Å². The second-order valence-electron chi connectivity index (χ2n) is 4.49. The number of aryl methyl sites for hydroxylation is 1. The number of ether oxygens (including phenoxy) is 2. The third kappa shape index (κ3) is 3.92. The number of carbonyl (C=O) groups is 1. The van der Waals surface area contributed by atoms with E-state index in [4.69, 9.17) is 9.47 Å². The lowest BCUT2D eigenvalue weighted by Crippen LogP contribution is -2.15. The average molecular weight is 287 g/mol. The fourth-order valence-electron chi connectivity index (χ4n) is 1.89. The number of amides is 1. The molecule has 6 nitrogen and oxygen atoms in total. The quantitative estimate of drug-likeness (QED) is 0.910. The van der Waals surface area contributed by atoms with E-state index in [1.54, 1.807) is 0 Å². The van der Waals surface area contributed by atoms with Gasteiger partial charge in [0.15, 0.2) is 0 Å². The van der Waals surface area contributed by atoms with Crippen LogP contribution in [0.2, 0.25) is 0 Å². The fourth-order valence-corrected chi connectivity index (χ4v) is 1.89. The maximum atomic E-state index is 12.1. The molecule has 1 aromatic carbocycles. The molecule has 0 aliphatic heterocycles. The number of hydrogen-bond acceptors (Lipinski definition) is 5. The molecule has 0 fully saturated rings. The summed E-state index contributed by atoms with van der Waals surface area (Å²) in [5.74, 6) is 0.104. The summed E-state index contributed by atoms with van der Waals surface area (Å²) in [5.41, 5.74) is 2.47. The molecule has 0 aliphatic carbocycles. The van der Waals surface area contributed by atoms with E-state index < -0.39 is 0 Å². The number of methoxy groups -OCH3 is 2. The summed E-state index contributed by atoms with van der Waals surface area (Å²) < 4.78 is 10.0. The maximum absolute atomic E-state index is 12.1. The lowest BCUT2D eigenvalue weighted by molar-refractivity contribution is -0.115. The molecule has 2 aromatic rings. The fraction of sp³-hybridized carbons (Fsp3) is 0.267. The Hall–Kier alpha value is -2.63. The number of nitrogens with one attached hydrogen (secondary N) is 1. The molecule has 0 radical (unpaired) electrons. The predicted octanol–water partition coefficient (Wildman–Crippen LogP) is 1.98. The van der Waals surface area contributed by atoms with Crippen LogP contribution >= 0.6 is 0 Å². The number of hydrogen-bond donors (Lipinski definition) is 1. The zero-order valence-electron chi connectivity index (χ0n) is 12.2. The monoisotopic (exact) mass is 287 g/mol. The molecule has 0 spiro atoms. The standard InChI is InChI=1S/C15H17N3O3/c1-10-5-4-6-11(7-10)8-13(19)17-12-9-16-15(21-3)18-14(12)20-2/h4-7,9H,8H2,1-3H3,(H,17,19). The molecule has 6 heteroatoms. The molecular formula is C15H17N3O3. The van der Waals surface area contributed by atoms with Gasteiger partial charge in [-0.1, -0.05) is 29.8 Å². The van der Waals surface area contributed by atoms with Crippen LogP contribution in [0.3, 0.4) is 0 Å². The van der Waals surface area contributed by atoms with Gasteiger partial charge in [0.05, 0.1) is 26.8 Å². The van der Waals surface area contributed by atoms with Gasteiger partial charge in [0, 0.05) is 0 Å². The Morgan fingerprint density at radius 2 is 2.10 bits per heavy atom. The normalized spacial score (nSPS) is 10.0. The Labute approximate surface area is 123 Å². The Kier molecular flexibility index (Phi) is 4.71. The third-order valence-corrected chi connectivity index (χ3v) is 2.83. The van der Waals surface area contributed by atoms with Crippen molar-refractivity contribution < 1.29 is 14.3 Å². The first kappa shape index (κ1) is 14.8. The van der Waals surface area contributed by atoms with Crippen LogP contribution in [0.4, 0.5) is 5.69 Å². The third-order valence-electron chi connectivity index (χ3n) is 2.83. The molecule has 0 unspecified atom stereocenters. The minimum Gasteiger partial charge on any atom is -0.479 e. The number of carbonyl (C=O) groups excluding carboxylic acids is 1. The highest BCUT2D eigenvalue weighted by Gasteiger charge is 2.11. The van der Waals surface area contributed by atoms with E-state index in [9.17, 15) is 4.79 Å². The van der Waals surface area contributed by atoms with Crippen molar-refractivity contribution in [3.8, 4) is 11.9 Å². The highest BCUT2D eigenvalue weighted by atomic mass is 16.5. The summed E-state index contributed by atoms with van der Waals surface area (Å²) in [7, 11) is 2.93. The summed E-state index contributed by atoms with van der Waals surface area (Å²) in [5, 5.41) is 2.74. The van der Waals surface area contributed by atoms with Gasteiger partial charge >= 0.3 is 6.01 Å². The summed E-state index contributed by atoms with van der Waals surface area (Å²) in [6.45, 7) is 1.99. The molecule has 0 bridgehead atoms. The Morgan fingerprint density at radius 3 is 2.76 bits per heavy atom. The van der Waals surface area contributed by atoms with Gasteiger partial charge in [-0.25, -0.2) is 4.98 Å². The summed E-state index contributed by atoms with van der Waals surface area (Å²) in [6.07, 6.45) is 1.73. The van der Waals surface area contributed by atoms with Crippen molar-refractivity contribution in [3.05, 3.63) is 41.6 Å². The van der Waals surface area contributed by atoms with Gasteiger partial charge in [-0.15, -0.1) is 0 Å². The van der Waals surface area contributed by atoms with E-state index in [1.807, 2.05) is 31.2 Å². The topological polar surface area (TPSA) is 73.3 Å². The largest absolute Gasteiger partial charge is 0.479 e. The van der Waals surface area contributed by atoms with E-state index in [0.29, 0.717) is 5.69 Å². The van der Waals surface area contributed by atoms with E-state index >= 15 is 0 Å². The maximum Gasteiger partial charge on any atom is 0.319 e. The average Bonchev–Trinajstić information content (AvgIpc) is 2.47. The first-order chi connectivity index (χ1) is 10.1. The Morgan fingerprint density at radius 1 is 1.29 bits per heavy atom. The van der Waals surface area contributed by atoms with Crippen LogP contribution in [-0.2, 0) is 11.2 Å². The van der Waals surface area contributed by atoms with E-state index in [0.717, 1.165) is 11.1 Å². The van der Waals surface area contributed by atoms with Gasteiger partial charge < -0.3 is 14.8 Å². The number of benzene rings is 1. The van der Waals surface area contributed by atoms with Crippen molar-refractivity contribution in [2.75, 3.05) is 19.5 Å². The van der Waals surface area contributed by atoms with Crippen LogP contribution in [0.15, 0.2) is 30.5 Å². The predicted molar refractivity (Wildman–Crippen MR) is 78.6 cm³/mol. The van der Waals surface area contributed by atoms with Crippen LogP contribution in [0.1, 0.15) is 11.1 Å². The van der Waals surface area contributed by atoms with E-state index in [-0.39, 0.29) is 24.2 Å². The van der Waals surface area contributed by atoms with Gasteiger partial charge in [0.1, 0.15) is 5.69 Å². The second-order valence-corrected chi connectivity index (χ2v) is 4.49. The van der Waals surface area contributed by atoms with E-state index in [2.05, 4.69) is 15.3 Å². The van der Waals surface area contributed by atoms with Crippen molar-refractivity contribution in [2.45, 2.75) is 13.3 Å². The Balaban J connectivity index is 2.09. The van der Waals surface area contributed by atoms with Gasteiger partial charge in [-0.3, -0.25) is 4.79 Å². The highest BCUT2D eigenvalue weighted by Crippen LogP contribution is 2.22. The van der Waals surface area contributed by atoms with Crippen LogP contribution in [0, 0.1) is 6.92 Å². The summed E-state index contributed by atoms with van der Waals surface area (Å²) in [6, 6.07) is 7.98. The zero-order chi connectivity index (χ0) is 15.2. The van der Waals surface area contributed by atoms with Crippen LogP contribution in [-0.4, -0.2) is 30.1 Å². The first-order valence-corrected chi connectivity index (χ1v) is 6.43. The SMILES string of the molecule is COc1ncc(NC(=O)Cc2cccc(C)c2)c(OC)n1. The molecule has 21 heavy (non-hydrogen) atoms. The molecule has 0 aliphatic rings. The summed E-state index contributed by atoms with van der Waals surface area (Å²) >= 11 is 0. The lowest BCUT2D eigenvalue weighted by atomic mass is 10.1. The van der Waals surface area contributed by atoms with Crippen LogP contribution in [0.25, 0.3) is 0 Å². The minimum atomic E-state index is -0.160. The van der Waals surface area contributed by atoms with Crippen molar-refractivity contribution in [3.63, 3.8) is 0 Å². The molecule has 0 saturated heterocycles. The molecule has 0 saturated carbocycles. The molecule has 1 N–H and O–H groups in total. The number of anilines is 1. The van der Waals surface area contributed by atoms with Crippen molar-refractivity contribution in [2.24, 2.45) is 0 Å². The molecule has 1 amide bonds. The lowest BCUT2D eigenvalue weighted by Gasteiger charge is -2.09. The molecule has 1 aromatic heterocycles. The molecule has 2 rings (SSSR count). The van der Waals surface area contributed by atoms with Crippen molar-refractivity contribution in [1.29, 1.82) is 0 Å². The Bertz CT molecular complexity index is 644. The molecule has 1 heterocycles. The summed E-state index contributed by atoms with van der Waals surface area (Å²) in [4.78, 5) is 20.0. The van der Waals surface area contributed by atoms with E-state index in [1.165, 1.54) is 20.4 Å². The first-order valence-electron chi connectivity index (χ1n) is 6.43. The van der Waals surface area contributed by atoms with Crippen molar-refractivity contribution in [1.82, 2.24) is 9.97 Å². The molecule has 110 valence electrons. The van der Waals surface area contributed by atoms with Crippen LogP contribution < -0.4 is 14.8 Å². The van der Waals surface area contributed by atoms with Crippen molar-refractivity contribution >= 4 is 11.6 Å². The number of rotatable bonds is 5. The van der Waals surface area contributed by atoms with Gasteiger partial charge in [-0.2, -0.15) is 4.98 Å². The number of aromatic nitrogens is 2. The van der Waals surface area contributed by atoms with Gasteiger partial charge in [0.25, 0.3) is 0 Å². The smallest absolute Gasteiger partial charge is 0.319 e. The highest BCUT2D eigenvalue weighted by molar-refractivity contribution is 5.93. The van der Waals surface area contributed by atoms with Gasteiger partial charge in [-0.05, 0) is 12.5 Å².